The number of fused-ring (bicyclic) bond motifs is 1. The van der Waals surface area contributed by atoms with E-state index in [1.165, 1.54) is 43.4 Å². The SMILES string of the molecule is CSC1CCC(NC2CCc3cccnc32)C1. The molecule has 2 aliphatic rings. The second-order valence-corrected chi connectivity index (χ2v) is 6.31. The molecule has 17 heavy (non-hydrogen) atoms. The molecule has 0 amide bonds. The van der Waals surface area contributed by atoms with Gasteiger partial charge in [0.15, 0.2) is 0 Å². The summed E-state index contributed by atoms with van der Waals surface area (Å²) in [4.78, 5) is 4.55. The van der Waals surface area contributed by atoms with Crippen LogP contribution in [0.15, 0.2) is 18.3 Å². The van der Waals surface area contributed by atoms with Crippen molar-refractivity contribution in [3.63, 3.8) is 0 Å². The summed E-state index contributed by atoms with van der Waals surface area (Å²) in [5.74, 6) is 0. The van der Waals surface area contributed by atoms with Gasteiger partial charge in [-0.05, 0) is 50.0 Å². The molecular formula is C14H20N2S. The summed E-state index contributed by atoms with van der Waals surface area (Å²) in [6.07, 6.45) is 10.6. The van der Waals surface area contributed by atoms with Crippen LogP contribution in [0.3, 0.4) is 0 Å². The number of aryl methyl sites for hydroxylation is 1. The average molecular weight is 248 g/mol. The summed E-state index contributed by atoms with van der Waals surface area (Å²) in [6.45, 7) is 0. The minimum absolute atomic E-state index is 0.511. The molecule has 0 spiro atoms. The number of nitrogens with one attached hydrogen (secondary N) is 1. The molecule has 2 aliphatic carbocycles. The van der Waals surface area contributed by atoms with Gasteiger partial charge in [-0.3, -0.25) is 4.98 Å². The number of hydrogen-bond donors (Lipinski definition) is 1. The fraction of sp³-hybridized carbons (Fsp3) is 0.643. The predicted octanol–water partition coefficient (Wildman–Crippen LogP) is 2.94. The van der Waals surface area contributed by atoms with Crippen LogP contribution in [0, 0.1) is 0 Å². The highest BCUT2D eigenvalue weighted by Crippen LogP contribution is 2.33. The lowest BCUT2D eigenvalue weighted by Gasteiger charge is -2.19. The molecule has 3 heteroatoms. The van der Waals surface area contributed by atoms with E-state index in [1.54, 1.807) is 0 Å². The number of thioether (sulfide) groups is 1. The molecule has 1 fully saturated rings. The molecule has 1 aromatic heterocycles. The molecule has 1 saturated carbocycles. The van der Waals surface area contributed by atoms with Gasteiger partial charge in [0.1, 0.15) is 0 Å². The lowest BCUT2D eigenvalue weighted by molar-refractivity contribution is 0.433. The Morgan fingerprint density at radius 1 is 1.35 bits per heavy atom. The Kier molecular flexibility index (Phi) is 3.39. The van der Waals surface area contributed by atoms with Gasteiger partial charge in [0, 0.05) is 17.5 Å². The zero-order valence-corrected chi connectivity index (χ0v) is 11.2. The van der Waals surface area contributed by atoms with E-state index in [-0.39, 0.29) is 0 Å². The maximum Gasteiger partial charge on any atom is 0.0605 e. The van der Waals surface area contributed by atoms with Crippen LogP contribution in [0.25, 0.3) is 0 Å². The van der Waals surface area contributed by atoms with E-state index in [0.29, 0.717) is 12.1 Å². The number of nitrogens with zero attached hydrogens (tertiary/aromatic N) is 1. The Bertz CT molecular complexity index is 394. The van der Waals surface area contributed by atoms with Crippen LogP contribution < -0.4 is 5.32 Å². The minimum atomic E-state index is 0.511. The third kappa shape index (κ3) is 2.36. The molecule has 0 aromatic carbocycles. The average Bonchev–Trinajstić information content (AvgIpc) is 2.97. The number of pyridine rings is 1. The van der Waals surface area contributed by atoms with E-state index in [2.05, 4.69) is 28.7 Å². The quantitative estimate of drug-likeness (QED) is 0.890. The molecule has 1 aromatic rings. The smallest absolute Gasteiger partial charge is 0.0605 e. The molecule has 0 aliphatic heterocycles. The number of rotatable bonds is 3. The predicted molar refractivity (Wildman–Crippen MR) is 73.4 cm³/mol. The van der Waals surface area contributed by atoms with Gasteiger partial charge in [-0.25, -0.2) is 0 Å². The van der Waals surface area contributed by atoms with E-state index < -0.39 is 0 Å². The van der Waals surface area contributed by atoms with Gasteiger partial charge in [-0.2, -0.15) is 11.8 Å². The summed E-state index contributed by atoms with van der Waals surface area (Å²) in [5, 5.41) is 4.69. The molecule has 1 N–H and O–H groups in total. The first-order chi connectivity index (χ1) is 8.36. The Balaban J connectivity index is 1.64. The van der Waals surface area contributed by atoms with Gasteiger partial charge >= 0.3 is 0 Å². The van der Waals surface area contributed by atoms with Crippen LogP contribution in [0.1, 0.15) is 43.0 Å². The lowest BCUT2D eigenvalue weighted by atomic mass is 10.1. The summed E-state index contributed by atoms with van der Waals surface area (Å²) in [5.41, 5.74) is 2.75. The van der Waals surface area contributed by atoms with E-state index in [9.17, 15) is 0 Å². The molecular weight excluding hydrogens is 228 g/mol. The van der Waals surface area contributed by atoms with E-state index in [1.807, 2.05) is 18.0 Å². The Labute approximate surface area is 108 Å². The summed E-state index contributed by atoms with van der Waals surface area (Å²) in [6, 6.07) is 5.51. The highest BCUT2D eigenvalue weighted by atomic mass is 32.2. The van der Waals surface area contributed by atoms with E-state index in [0.717, 1.165) is 5.25 Å². The Hall–Kier alpha value is -0.540. The van der Waals surface area contributed by atoms with Crippen LogP contribution in [-0.2, 0) is 6.42 Å². The minimum Gasteiger partial charge on any atom is -0.306 e. The topological polar surface area (TPSA) is 24.9 Å². The first kappa shape index (κ1) is 11.5. The number of aromatic nitrogens is 1. The fourth-order valence-electron chi connectivity index (χ4n) is 3.16. The van der Waals surface area contributed by atoms with Crippen molar-refractivity contribution >= 4 is 11.8 Å². The van der Waals surface area contributed by atoms with Crippen molar-refractivity contribution in [2.45, 2.75) is 49.4 Å². The molecule has 1 heterocycles. The third-order valence-electron chi connectivity index (χ3n) is 4.11. The van der Waals surface area contributed by atoms with Crippen molar-refractivity contribution in [1.29, 1.82) is 0 Å². The molecule has 3 rings (SSSR count). The second-order valence-electron chi connectivity index (χ2n) is 5.17. The van der Waals surface area contributed by atoms with Crippen LogP contribution in [-0.4, -0.2) is 22.5 Å². The molecule has 0 bridgehead atoms. The van der Waals surface area contributed by atoms with Gasteiger partial charge in [0.2, 0.25) is 0 Å². The van der Waals surface area contributed by atoms with Crippen LogP contribution in [0.5, 0.6) is 0 Å². The highest BCUT2D eigenvalue weighted by molar-refractivity contribution is 7.99. The fourth-order valence-corrected chi connectivity index (χ4v) is 3.96. The van der Waals surface area contributed by atoms with E-state index >= 15 is 0 Å². The third-order valence-corrected chi connectivity index (χ3v) is 5.21. The zero-order chi connectivity index (χ0) is 11.7. The van der Waals surface area contributed by atoms with Gasteiger partial charge < -0.3 is 5.32 Å². The lowest BCUT2D eigenvalue weighted by Crippen LogP contribution is -2.30. The van der Waals surface area contributed by atoms with Crippen molar-refractivity contribution in [3.05, 3.63) is 29.6 Å². The number of hydrogen-bond acceptors (Lipinski definition) is 3. The summed E-state index contributed by atoms with van der Waals surface area (Å²) >= 11 is 2.02. The molecule has 92 valence electrons. The maximum absolute atomic E-state index is 4.55. The van der Waals surface area contributed by atoms with Crippen LogP contribution >= 0.6 is 11.8 Å². The maximum atomic E-state index is 4.55. The van der Waals surface area contributed by atoms with Crippen molar-refractivity contribution < 1.29 is 0 Å². The van der Waals surface area contributed by atoms with E-state index in [4.69, 9.17) is 0 Å². The van der Waals surface area contributed by atoms with Gasteiger partial charge in [0.25, 0.3) is 0 Å². The van der Waals surface area contributed by atoms with Gasteiger partial charge in [0.05, 0.1) is 11.7 Å². The van der Waals surface area contributed by atoms with Gasteiger partial charge in [-0.15, -0.1) is 0 Å². The standard InChI is InChI=1S/C14H20N2S/c1-17-12-6-5-11(9-12)16-13-7-4-10-3-2-8-15-14(10)13/h2-3,8,11-13,16H,4-7,9H2,1H3. The largest absolute Gasteiger partial charge is 0.306 e. The molecule has 0 radical (unpaired) electrons. The monoisotopic (exact) mass is 248 g/mol. The first-order valence-corrected chi connectivity index (χ1v) is 7.88. The van der Waals surface area contributed by atoms with Crippen LogP contribution in [0.2, 0.25) is 0 Å². The first-order valence-electron chi connectivity index (χ1n) is 6.59. The molecule has 3 atom stereocenters. The molecule has 2 nitrogen and oxygen atoms in total. The van der Waals surface area contributed by atoms with Crippen molar-refractivity contribution in [2.75, 3.05) is 6.26 Å². The van der Waals surface area contributed by atoms with Crippen molar-refractivity contribution in [2.24, 2.45) is 0 Å². The Morgan fingerprint density at radius 2 is 2.29 bits per heavy atom. The second kappa shape index (κ2) is 4.99. The van der Waals surface area contributed by atoms with Crippen molar-refractivity contribution in [1.82, 2.24) is 10.3 Å². The molecule has 0 saturated heterocycles. The van der Waals surface area contributed by atoms with Gasteiger partial charge in [-0.1, -0.05) is 6.07 Å². The summed E-state index contributed by atoms with van der Waals surface area (Å²) < 4.78 is 0. The zero-order valence-electron chi connectivity index (χ0n) is 10.4. The highest BCUT2D eigenvalue weighted by Gasteiger charge is 2.29. The summed E-state index contributed by atoms with van der Waals surface area (Å²) in [7, 11) is 0. The molecule has 3 unspecified atom stereocenters. The van der Waals surface area contributed by atoms with Crippen molar-refractivity contribution in [3.8, 4) is 0 Å². The van der Waals surface area contributed by atoms with Crippen LogP contribution in [0.4, 0.5) is 0 Å². The Morgan fingerprint density at radius 3 is 3.12 bits per heavy atom. The normalized spacial score (nSPS) is 31.7.